The van der Waals surface area contributed by atoms with Gasteiger partial charge in [0.1, 0.15) is 0 Å². The molecule has 1 unspecified atom stereocenters. The van der Waals surface area contributed by atoms with Crippen LogP contribution in [0.4, 0.5) is 0 Å². The Kier molecular flexibility index (Phi) is 4.90. The maximum atomic E-state index is 9.03. The minimum absolute atomic E-state index is 0.381. The van der Waals surface area contributed by atoms with Crippen molar-refractivity contribution in [3.63, 3.8) is 0 Å². The monoisotopic (exact) mass is 199 g/mol. The van der Waals surface area contributed by atoms with Crippen LogP contribution in [0.5, 0.6) is 0 Å². The molecule has 0 aromatic carbocycles. The van der Waals surface area contributed by atoms with Gasteiger partial charge in [-0.25, -0.2) is 0 Å². The van der Waals surface area contributed by atoms with E-state index in [1.807, 2.05) is 0 Å². The van der Waals surface area contributed by atoms with E-state index in [2.05, 4.69) is 26.1 Å². The predicted octanol–water partition coefficient (Wildman–Crippen LogP) is 2.17. The zero-order chi connectivity index (χ0) is 10.6. The van der Waals surface area contributed by atoms with Crippen LogP contribution >= 0.6 is 0 Å². The predicted molar refractivity (Wildman–Crippen MR) is 60.3 cm³/mol. The van der Waals surface area contributed by atoms with E-state index < -0.39 is 0 Å². The van der Waals surface area contributed by atoms with Crippen molar-refractivity contribution in [3.05, 3.63) is 0 Å². The van der Waals surface area contributed by atoms with E-state index in [-0.39, 0.29) is 0 Å². The number of aliphatic hydroxyl groups excluding tert-OH is 1. The molecule has 0 aliphatic heterocycles. The summed E-state index contributed by atoms with van der Waals surface area (Å²) in [5.74, 6) is 1.29. The first-order chi connectivity index (χ1) is 6.63. The Hall–Kier alpha value is -0.0800. The van der Waals surface area contributed by atoms with Crippen LogP contribution in [0.25, 0.3) is 0 Å². The molecule has 1 rings (SSSR count). The van der Waals surface area contributed by atoms with Gasteiger partial charge < -0.3 is 10.4 Å². The highest BCUT2D eigenvalue weighted by atomic mass is 16.3. The second kappa shape index (κ2) is 5.72. The first kappa shape index (κ1) is 12.0. The largest absolute Gasteiger partial charge is 0.396 e. The van der Waals surface area contributed by atoms with E-state index in [1.54, 1.807) is 0 Å². The Labute approximate surface area is 88.1 Å². The molecule has 1 saturated carbocycles. The number of hydrogen-bond donors (Lipinski definition) is 2. The Balaban J connectivity index is 2.22. The molecule has 0 amide bonds. The second-order valence-corrected chi connectivity index (χ2v) is 5.10. The summed E-state index contributed by atoms with van der Waals surface area (Å²) >= 11 is 0. The maximum Gasteiger partial charge on any atom is 0.0459 e. The highest BCUT2D eigenvalue weighted by Gasteiger charge is 2.21. The van der Waals surface area contributed by atoms with Crippen molar-refractivity contribution >= 4 is 0 Å². The van der Waals surface area contributed by atoms with Gasteiger partial charge in [-0.2, -0.15) is 0 Å². The molecule has 0 heterocycles. The van der Waals surface area contributed by atoms with Crippen LogP contribution in [-0.4, -0.2) is 23.8 Å². The Morgan fingerprint density at radius 2 is 1.71 bits per heavy atom. The van der Waals surface area contributed by atoms with Gasteiger partial charge in [0.05, 0.1) is 0 Å². The van der Waals surface area contributed by atoms with E-state index in [0.29, 0.717) is 30.5 Å². The highest BCUT2D eigenvalue weighted by molar-refractivity contribution is 4.79. The average molecular weight is 199 g/mol. The van der Waals surface area contributed by atoms with Crippen LogP contribution in [0, 0.1) is 11.8 Å². The molecule has 2 N–H and O–H groups in total. The van der Waals surface area contributed by atoms with Crippen molar-refractivity contribution in [2.75, 3.05) is 6.61 Å². The van der Waals surface area contributed by atoms with Crippen molar-refractivity contribution in [3.8, 4) is 0 Å². The Morgan fingerprint density at radius 1 is 1.14 bits per heavy atom. The zero-order valence-corrected chi connectivity index (χ0v) is 9.79. The van der Waals surface area contributed by atoms with E-state index in [4.69, 9.17) is 5.11 Å². The molecule has 84 valence electrons. The fourth-order valence-electron chi connectivity index (χ4n) is 2.08. The summed E-state index contributed by atoms with van der Waals surface area (Å²) in [6, 6.07) is 1.31. The molecule has 1 aliphatic rings. The molecule has 0 radical (unpaired) electrons. The fraction of sp³-hybridized carbons (Fsp3) is 1.00. The summed E-state index contributed by atoms with van der Waals surface area (Å²) in [5, 5.41) is 12.7. The molecular formula is C12H25NO. The first-order valence-electron chi connectivity index (χ1n) is 6.00. The highest BCUT2D eigenvalue weighted by Crippen LogP contribution is 2.24. The van der Waals surface area contributed by atoms with Crippen LogP contribution in [0.1, 0.15) is 46.5 Å². The van der Waals surface area contributed by atoms with Crippen LogP contribution in [0.3, 0.4) is 0 Å². The van der Waals surface area contributed by atoms with Crippen molar-refractivity contribution < 1.29 is 5.11 Å². The van der Waals surface area contributed by atoms with Crippen LogP contribution in [0.15, 0.2) is 0 Å². The quantitative estimate of drug-likeness (QED) is 0.727. The molecule has 1 aliphatic carbocycles. The molecule has 14 heavy (non-hydrogen) atoms. The lowest BCUT2D eigenvalue weighted by molar-refractivity contribution is 0.169. The Morgan fingerprint density at radius 3 is 2.14 bits per heavy atom. The lowest BCUT2D eigenvalue weighted by Gasteiger charge is -2.31. The molecule has 0 saturated heterocycles. The van der Waals surface area contributed by atoms with Gasteiger partial charge in [-0.1, -0.05) is 13.8 Å². The van der Waals surface area contributed by atoms with Crippen LogP contribution < -0.4 is 5.32 Å². The average Bonchev–Trinajstić information content (AvgIpc) is 2.19. The molecule has 2 heteroatoms. The van der Waals surface area contributed by atoms with Gasteiger partial charge in [-0.05, 0) is 44.4 Å². The van der Waals surface area contributed by atoms with Crippen molar-refractivity contribution in [1.82, 2.24) is 5.32 Å². The van der Waals surface area contributed by atoms with Crippen molar-refractivity contribution in [2.24, 2.45) is 11.8 Å². The minimum Gasteiger partial charge on any atom is -0.396 e. The maximum absolute atomic E-state index is 9.03. The normalized spacial score (nSPS) is 30.6. The minimum atomic E-state index is 0.381. The number of aliphatic hydroxyl groups is 1. The summed E-state index contributed by atoms with van der Waals surface area (Å²) in [6.45, 7) is 7.17. The van der Waals surface area contributed by atoms with Crippen LogP contribution in [-0.2, 0) is 0 Å². The van der Waals surface area contributed by atoms with Gasteiger partial charge in [0.15, 0.2) is 0 Å². The molecule has 0 aromatic heterocycles. The molecule has 1 fully saturated rings. The topological polar surface area (TPSA) is 32.3 Å². The summed E-state index contributed by atoms with van der Waals surface area (Å²) in [6.07, 6.45) is 4.86. The zero-order valence-electron chi connectivity index (χ0n) is 9.79. The molecule has 0 spiro atoms. The van der Waals surface area contributed by atoms with Gasteiger partial charge in [-0.15, -0.1) is 0 Å². The van der Waals surface area contributed by atoms with Gasteiger partial charge >= 0.3 is 0 Å². The third-order valence-electron chi connectivity index (χ3n) is 3.60. The number of nitrogens with one attached hydrogen (secondary N) is 1. The van der Waals surface area contributed by atoms with E-state index in [0.717, 1.165) is 0 Å². The van der Waals surface area contributed by atoms with Gasteiger partial charge in [-0.3, -0.25) is 0 Å². The number of hydrogen-bond acceptors (Lipinski definition) is 2. The van der Waals surface area contributed by atoms with E-state index in [9.17, 15) is 0 Å². The second-order valence-electron chi connectivity index (χ2n) is 5.10. The lowest BCUT2D eigenvalue weighted by atomic mass is 9.86. The van der Waals surface area contributed by atoms with Crippen LogP contribution in [0.2, 0.25) is 0 Å². The number of rotatable bonds is 4. The molecule has 2 nitrogen and oxygen atoms in total. The van der Waals surface area contributed by atoms with E-state index >= 15 is 0 Å². The van der Waals surface area contributed by atoms with Crippen molar-refractivity contribution in [1.29, 1.82) is 0 Å². The standard InChI is InChI=1S/C12H25NO/c1-9(2)10(3)13-12-6-4-11(8-14)5-7-12/h9-14H,4-8H2,1-3H3. The third-order valence-corrected chi connectivity index (χ3v) is 3.60. The molecular weight excluding hydrogens is 174 g/mol. The smallest absolute Gasteiger partial charge is 0.0459 e. The molecule has 1 atom stereocenters. The van der Waals surface area contributed by atoms with Gasteiger partial charge in [0.2, 0.25) is 0 Å². The summed E-state index contributed by atoms with van der Waals surface area (Å²) in [7, 11) is 0. The SMILES string of the molecule is CC(C)C(C)NC1CCC(CO)CC1. The summed E-state index contributed by atoms with van der Waals surface area (Å²) in [4.78, 5) is 0. The summed E-state index contributed by atoms with van der Waals surface area (Å²) in [5.41, 5.74) is 0. The molecule has 0 aromatic rings. The third kappa shape index (κ3) is 3.58. The molecule has 0 bridgehead atoms. The summed E-state index contributed by atoms with van der Waals surface area (Å²) < 4.78 is 0. The van der Waals surface area contributed by atoms with Gasteiger partial charge in [0.25, 0.3) is 0 Å². The first-order valence-corrected chi connectivity index (χ1v) is 6.00. The van der Waals surface area contributed by atoms with Gasteiger partial charge in [0, 0.05) is 18.7 Å². The van der Waals surface area contributed by atoms with E-state index in [1.165, 1.54) is 25.7 Å². The van der Waals surface area contributed by atoms with Crippen molar-refractivity contribution in [2.45, 2.75) is 58.5 Å². The fourth-order valence-corrected chi connectivity index (χ4v) is 2.08. The lowest BCUT2D eigenvalue weighted by Crippen LogP contribution is -2.41. The Bertz CT molecular complexity index is 150.